The van der Waals surface area contributed by atoms with Crippen molar-refractivity contribution in [1.29, 1.82) is 0 Å². The van der Waals surface area contributed by atoms with E-state index >= 15 is 0 Å². The molecule has 100 valence electrons. The Hall–Kier alpha value is -1.65. The summed E-state index contributed by atoms with van der Waals surface area (Å²) in [5.41, 5.74) is 1.07. The molecule has 0 aromatic heterocycles. The molecule has 1 aliphatic heterocycles. The Kier molecular flexibility index (Phi) is 5.07. The van der Waals surface area contributed by atoms with Crippen molar-refractivity contribution < 1.29 is 19.5 Å². The zero-order valence-electron chi connectivity index (χ0n) is 10.9. The molecule has 1 rings (SSSR count). The van der Waals surface area contributed by atoms with E-state index in [4.69, 9.17) is 5.11 Å². The van der Waals surface area contributed by atoms with Gasteiger partial charge in [0.05, 0.1) is 0 Å². The molecule has 0 radical (unpaired) electrons. The number of hydrogen-bond donors (Lipinski definition) is 1. The number of imide groups is 1. The van der Waals surface area contributed by atoms with Gasteiger partial charge in [0.1, 0.15) is 0 Å². The minimum Gasteiger partial charge on any atom is -0.481 e. The number of unbranched alkanes of at least 4 members (excludes halogenated alkanes) is 3. The molecule has 0 saturated heterocycles. The normalized spacial score (nSPS) is 15.8. The fourth-order valence-corrected chi connectivity index (χ4v) is 1.92. The second kappa shape index (κ2) is 6.33. The third-order valence-corrected chi connectivity index (χ3v) is 3.22. The smallest absolute Gasteiger partial charge is 0.303 e. The van der Waals surface area contributed by atoms with Crippen LogP contribution in [-0.2, 0) is 14.4 Å². The van der Waals surface area contributed by atoms with Gasteiger partial charge in [-0.05, 0) is 26.7 Å². The predicted octanol–water partition coefficient (Wildman–Crippen LogP) is 1.73. The van der Waals surface area contributed by atoms with Crippen LogP contribution in [0.5, 0.6) is 0 Å². The average molecular weight is 253 g/mol. The molecule has 1 aliphatic rings. The molecule has 0 unspecified atom stereocenters. The van der Waals surface area contributed by atoms with E-state index < -0.39 is 5.97 Å². The monoisotopic (exact) mass is 253 g/mol. The lowest BCUT2D eigenvalue weighted by molar-refractivity contribution is -0.138. The SMILES string of the molecule is CC1=C(C)C(=O)N(CCCCCCC(=O)O)C1=O. The van der Waals surface area contributed by atoms with Gasteiger partial charge >= 0.3 is 5.97 Å². The first kappa shape index (κ1) is 14.4. The van der Waals surface area contributed by atoms with Crippen LogP contribution in [0.15, 0.2) is 11.1 Å². The van der Waals surface area contributed by atoms with Crippen molar-refractivity contribution in [2.75, 3.05) is 6.54 Å². The van der Waals surface area contributed by atoms with Crippen LogP contribution < -0.4 is 0 Å². The maximum Gasteiger partial charge on any atom is 0.303 e. The second-order valence-electron chi connectivity index (χ2n) is 4.57. The van der Waals surface area contributed by atoms with Crippen molar-refractivity contribution >= 4 is 17.8 Å². The Morgan fingerprint density at radius 2 is 1.50 bits per heavy atom. The molecule has 0 spiro atoms. The molecule has 0 aromatic carbocycles. The van der Waals surface area contributed by atoms with Crippen LogP contribution in [0.3, 0.4) is 0 Å². The third-order valence-electron chi connectivity index (χ3n) is 3.22. The summed E-state index contributed by atoms with van der Waals surface area (Å²) < 4.78 is 0. The number of amides is 2. The Morgan fingerprint density at radius 1 is 1.00 bits per heavy atom. The number of carbonyl (C=O) groups is 3. The highest BCUT2D eigenvalue weighted by Crippen LogP contribution is 2.20. The zero-order valence-corrected chi connectivity index (χ0v) is 10.9. The average Bonchev–Trinajstić information content (AvgIpc) is 2.50. The zero-order chi connectivity index (χ0) is 13.7. The number of carboxylic acids is 1. The van der Waals surface area contributed by atoms with Crippen LogP contribution in [0.25, 0.3) is 0 Å². The minimum atomic E-state index is -0.782. The molecule has 1 N–H and O–H groups in total. The van der Waals surface area contributed by atoms with Crippen LogP contribution >= 0.6 is 0 Å². The van der Waals surface area contributed by atoms with E-state index in [2.05, 4.69) is 0 Å². The number of nitrogens with zero attached hydrogens (tertiary/aromatic N) is 1. The lowest BCUT2D eigenvalue weighted by Crippen LogP contribution is -2.32. The molecule has 0 atom stereocenters. The molecular formula is C13H19NO4. The molecule has 0 saturated carbocycles. The highest BCUT2D eigenvalue weighted by molar-refractivity contribution is 6.18. The number of hydrogen-bond acceptors (Lipinski definition) is 3. The molecule has 0 fully saturated rings. The molecule has 0 bridgehead atoms. The second-order valence-corrected chi connectivity index (χ2v) is 4.57. The summed E-state index contributed by atoms with van der Waals surface area (Å²) in [6, 6.07) is 0. The third kappa shape index (κ3) is 3.42. The van der Waals surface area contributed by atoms with Crippen molar-refractivity contribution in [2.24, 2.45) is 0 Å². The van der Waals surface area contributed by atoms with Crippen molar-refractivity contribution in [3.63, 3.8) is 0 Å². The summed E-state index contributed by atoms with van der Waals surface area (Å²) in [6.07, 6.45) is 3.21. The number of aliphatic carboxylic acids is 1. The highest BCUT2D eigenvalue weighted by Gasteiger charge is 2.32. The maximum absolute atomic E-state index is 11.7. The van der Waals surface area contributed by atoms with Crippen molar-refractivity contribution in [2.45, 2.75) is 46.0 Å². The fraction of sp³-hybridized carbons (Fsp3) is 0.615. The highest BCUT2D eigenvalue weighted by atomic mass is 16.4. The van der Waals surface area contributed by atoms with Crippen LogP contribution in [-0.4, -0.2) is 34.3 Å². The molecule has 18 heavy (non-hydrogen) atoms. The summed E-state index contributed by atoms with van der Waals surface area (Å²) in [4.78, 5) is 35.0. The van der Waals surface area contributed by atoms with Crippen LogP contribution in [0.4, 0.5) is 0 Å². The van der Waals surface area contributed by atoms with Crippen LogP contribution in [0.1, 0.15) is 46.0 Å². The summed E-state index contributed by atoms with van der Waals surface area (Å²) in [6.45, 7) is 3.77. The first-order valence-electron chi connectivity index (χ1n) is 6.20. The van der Waals surface area contributed by atoms with Gasteiger partial charge in [0.2, 0.25) is 0 Å². The number of carbonyl (C=O) groups excluding carboxylic acids is 2. The van der Waals surface area contributed by atoms with Gasteiger partial charge in [-0.15, -0.1) is 0 Å². The molecule has 2 amide bonds. The Balaban J connectivity index is 2.24. The van der Waals surface area contributed by atoms with Crippen molar-refractivity contribution in [3.05, 3.63) is 11.1 Å². The van der Waals surface area contributed by atoms with Gasteiger partial charge in [0.15, 0.2) is 0 Å². The van der Waals surface area contributed by atoms with Gasteiger partial charge in [-0.25, -0.2) is 0 Å². The van der Waals surface area contributed by atoms with Crippen LogP contribution in [0, 0.1) is 0 Å². The van der Waals surface area contributed by atoms with E-state index in [1.165, 1.54) is 4.90 Å². The van der Waals surface area contributed by atoms with E-state index in [0.29, 0.717) is 24.1 Å². The van der Waals surface area contributed by atoms with Crippen molar-refractivity contribution in [1.82, 2.24) is 4.90 Å². The lowest BCUT2D eigenvalue weighted by atomic mass is 10.1. The standard InChI is InChI=1S/C13H19NO4/c1-9-10(2)13(18)14(12(9)17)8-6-4-3-5-7-11(15)16/h3-8H2,1-2H3,(H,15,16). The molecule has 0 aliphatic carbocycles. The fourth-order valence-electron chi connectivity index (χ4n) is 1.92. The summed E-state index contributed by atoms with van der Waals surface area (Å²) in [7, 11) is 0. The molecule has 5 heteroatoms. The van der Waals surface area contributed by atoms with E-state index in [1.807, 2.05) is 0 Å². The molecule has 0 aromatic rings. The summed E-state index contributed by atoms with van der Waals surface area (Å²) in [5.74, 6) is -1.17. The van der Waals surface area contributed by atoms with Gasteiger partial charge in [-0.1, -0.05) is 12.8 Å². The van der Waals surface area contributed by atoms with E-state index in [9.17, 15) is 14.4 Å². The quantitative estimate of drug-likeness (QED) is 0.554. The van der Waals surface area contributed by atoms with E-state index in [0.717, 1.165) is 19.3 Å². The van der Waals surface area contributed by atoms with Gasteiger partial charge < -0.3 is 5.11 Å². The van der Waals surface area contributed by atoms with Crippen LogP contribution in [0.2, 0.25) is 0 Å². The summed E-state index contributed by atoms with van der Waals surface area (Å²) >= 11 is 0. The van der Waals surface area contributed by atoms with Crippen molar-refractivity contribution in [3.8, 4) is 0 Å². The van der Waals surface area contributed by atoms with Gasteiger partial charge in [-0.2, -0.15) is 0 Å². The van der Waals surface area contributed by atoms with Gasteiger partial charge in [0.25, 0.3) is 11.8 Å². The first-order chi connectivity index (χ1) is 8.45. The molecule has 1 heterocycles. The predicted molar refractivity (Wildman–Crippen MR) is 65.8 cm³/mol. The lowest BCUT2D eigenvalue weighted by Gasteiger charge is -2.14. The van der Waals surface area contributed by atoms with Gasteiger partial charge in [-0.3, -0.25) is 19.3 Å². The van der Waals surface area contributed by atoms with Gasteiger partial charge in [0, 0.05) is 24.1 Å². The van der Waals surface area contributed by atoms with E-state index in [-0.39, 0.29) is 18.2 Å². The topological polar surface area (TPSA) is 74.7 Å². The Morgan fingerprint density at radius 3 is 2.00 bits per heavy atom. The Bertz CT molecular complexity index is 374. The number of carboxylic acid groups (broad SMARTS) is 1. The largest absolute Gasteiger partial charge is 0.481 e. The Labute approximate surface area is 106 Å². The van der Waals surface area contributed by atoms with E-state index in [1.54, 1.807) is 13.8 Å². The first-order valence-corrected chi connectivity index (χ1v) is 6.20. The minimum absolute atomic E-state index is 0.182. The maximum atomic E-state index is 11.7. The number of rotatable bonds is 7. The summed E-state index contributed by atoms with van der Waals surface area (Å²) in [5, 5.41) is 8.47. The molecular weight excluding hydrogens is 234 g/mol. The molecule has 5 nitrogen and oxygen atoms in total.